The quantitative estimate of drug-likeness (QED) is 0.800. The van der Waals surface area contributed by atoms with E-state index in [9.17, 15) is 4.79 Å². The largest absolute Gasteiger partial charge is 0.444 e. The topological polar surface area (TPSA) is 50.4 Å². The Kier molecular flexibility index (Phi) is 5.83. The fraction of sp³-hybridized carbons (Fsp3) is 0.947. The summed E-state index contributed by atoms with van der Waals surface area (Å²) in [6.45, 7) is 19.9. The summed E-state index contributed by atoms with van der Waals surface area (Å²) < 4.78 is 5.35. The second-order valence-corrected chi connectivity index (χ2v) is 10.5. The van der Waals surface area contributed by atoms with Crippen LogP contribution in [0.5, 0.6) is 0 Å². The Morgan fingerprint density at radius 2 is 1.52 bits per heavy atom. The van der Waals surface area contributed by atoms with Crippen molar-refractivity contribution in [2.24, 2.45) is 10.8 Å². The fourth-order valence-electron chi connectivity index (χ4n) is 4.01. The number of ether oxygens (including phenoxy) is 1. The number of alkyl carbamates (subject to hydrolysis) is 1. The molecule has 1 saturated carbocycles. The van der Waals surface area contributed by atoms with Crippen LogP contribution < -0.4 is 10.6 Å². The van der Waals surface area contributed by atoms with Crippen molar-refractivity contribution < 1.29 is 9.53 Å². The Balaban J connectivity index is 2.54. The molecule has 0 heterocycles. The van der Waals surface area contributed by atoms with Crippen LogP contribution in [0.1, 0.15) is 81.6 Å². The lowest BCUT2D eigenvalue weighted by Crippen LogP contribution is -2.55. The molecule has 0 aromatic heterocycles. The van der Waals surface area contributed by atoms with E-state index in [2.05, 4.69) is 38.3 Å². The molecule has 2 N–H and O–H groups in total. The highest BCUT2D eigenvalue weighted by atomic mass is 16.6. The van der Waals surface area contributed by atoms with Crippen LogP contribution in [0.4, 0.5) is 4.79 Å². The molecule has 1 amide bonds. The molecule has 0 atom stereocenters. The molecule has 4 nitrogen and oxygen atoms in total. The van der Waals surface area contributed by atoms with Gasteiger partial charge in [0.15, 0.2) is 0 Å². The van der Waals surface area contributed by atoms with Crippen molar-refractivity contribution in [1.29, 1.82) is 0 Å². The fourth-order valence-corrected chi connectivity index (χ4v) is 4.01. The van der Waals surface area contributed by atoms with Gasteiger partial charge in [-0.15, -0.1) is 0 Å². The first kappa shape index (κ1) is 20.3. The molecule has 0 unspecified atom stereocenters. The van der Waals surface area contributed by atoms with Gasteiger partial charge in [-0.3, -0.25) is 0 Å². The number of hydrogen-bond acceptors (Lipinski definition) is 3. The summed E-state index contributed by atoms with van der Waals surface area (Å²) in [5, 5.41) is 6.64. The minimum absolute atomic E-state index is 0.339. The summed E-state index contributed by atoms with van der Waals surface area (Å²) >= 11 is 0. The Morgan fingerprint density at radius 3 is 1.96 bits per heavy atom. The van der Waals surface area contributed by atoms with Gasteiger partial charge in [-0.2, -0.15) is 0 Å². The Labute approximate surface area is 143 Å². The third-order valence-corrected chi connectivity index (χ3v) is 4.23. The lowest BCUT2D eigenvalue weighted by atomic mass is 9.63. The van der Waals surface area contributed by atoms with Gasteiger partial charge in [0.1, 0.15) is 5.60 Å². The number of carbonyl (C=O) groups excluding carboxylic acids is 1. The highest BCUT2D eigenvalue weighted by molar-refractivity contribution is 5.68. The molecule has 4 heteroatoms. The predicted octanol–water partition coefficient (Wildman–Crippen LogP) is 4.48. The van der Waals surface area contributed by atoms with E-state index in [4.69, 9.17) is 4.74 Å². The molecule has 1 rings (SSSR count). The van der Waals surface area contributed by atoms with Gasteiger partial charge in [0, 0.05) is 12.6 Å². The third kappa shape index (κ3) is 8.05. The zero-order valence-electron chi connectivity index (χ0n) is 16.7. The first-order chi connectivity index (χ1) is 10.1. The van der Waals surface area contributed by atoms with E-state index in [1.54, 1.807) is 0 Å². The minimum Gasteiger partial charge on any atom is -0.444 e. The molecule has 0 radical (unpaired) electrons. The van der Waals surface area contributed by atoms with Gasteiger partial charge in [-0.25, -0.2) is 4.79 Å². The van der Waals surface area contributed by atoms with Gasteiger partial charge < -0.3 is 15.4 Å². The van der Waals surface area contributed by atoms with Gasteiger partial charge in [-0.05, 0) is 64.7 Å². The Bertz CT molecular complexity index is 404. The van der Waals surface area contributed by atoms with Crippen LogP contribution in [-0.4, -0.2) is 29.8 Å². The summed E-state index contributed by atoms with van der Waals surface area (Å²) in [4.78, 5) is 12.0. The second-order valence-electron chi connectivity index (χ2n) is 10.5. The maximum absolute atomic E-state index is 12.0. The normalized spacial score (nSPS) is 21.8. The van der Waals surface area contributed by atoms with Crippen LogP contribution >= 0.6 is 0 Å². The summed E-state index contributed by atoms with van der Waals surface area (Å²) in [6.07, 6.45) is 3.27. The van der Waals surface area contributed by atoms with Crippen molar-refractivity contribution in [3.8, 4) is 0 Å². The van der Waals surface area contributed by atoms with Gasteiger partial charge >= 0.3 is 6.09 Å². The molecule has 0 saturated heterocycles. The van der Waals surface area contributed by atoms with E-state index in [0.717, 1.165) is 6.54 Å². The second kappa shape index (κ2) is 6.62. The van der Waals surface area contributed by atoms with Crippen LogP contribution in [0.3, 0.4) is 0 Å². The standard InChI is InChI=1S/C19H38N2O2/c1-16(2,3)23-15(22)21-19(8,9)13-20-14-10-17(4,5)12-18(6,7)11-14/h14,20H,10-13H2,1-9H3,(H,21,22). The summed E-state index contributed by atoms with van der Waals surface area (Å²) in [5.74, 6) is 0. The van der Waals surface area contributed by atoms with E-state index < -0.39 is 5.60 Å². The first-order valence-corrected chi connectivity index (χ1v) is 8.84. The van der Waals surface area contributed by atoms with E-state index in [1.165, 1.54) is 19.3 Å². The van der Waals surface area contributed by atoms with Crippen molar-refractivity contribution in [2.45, 2.75) is 98.8 Å². The molecule has 0 aliphatic heterocycles. The molecule has 1 aliphatic carbocycles. The van der Waals surface area contributed by atoms with Crippen LogP contribution in [0.15, 0.2) is 0 Å². The maximum atomic E-state index is 12.0. The predicted molar refractivity (Wildman–Crippen MR) is 96.7 cm³/mol. The molecule has 0 spiro atoms. The van der Waals surface area contributed by atoms with Crippen molar-refractivity contribution in [3.05, 3.63) is 0 Å². The Morgan fingerprint density at radius 1 is 1.04 bits per heavy atom. The van der Waals surface area contributed by atoms with Gasteiger partial charge in [0.2, 0.25) is 0 Å². The highest BCUT2D eigenvalue weighted by Gasteiger charge is 2.38. The van der Waals surface area contributed by atoms with Gasteiger partial charge in [0.05, 0.1) is 5.54 Å². The van der Waals surface area contributed by atoms with Gasteiger partial charge in [-0.1, -0.05) is 27.7 Å². The van der Waals surface area contributed by atoms with Crippen LogP contribution in [-0.2, 0) is 4.74 Å². The SMILES string of the molecule is CC1(C)CC(NCC(C)(C)NC(=O)OC(C)(C)C)CC(C)(C)C1. The highest BCUT2D eigenvalue weighted by Crippen LogP contribution is 2.45. The molecule has 0 bridgehead atoms. The van der Waals surface area contributed by atoms with Crippen molar-refractivity contribution in [3.63, 3.8) is 0 Å². The molecule has 1 fully saturated rings. The number of carbonyl (C=O) groups is 1. The monoisotopic (exact) mass is 326 g/mol. The summed E-state index contributed by atoms with van der Waals surface area (Å²) in [5.41, 5.74) is -0.0800. The Hall–Kier alpha value is -0.770. The first-order valence-electron chi connectivity index (χ1n) is 8.84. The molecular weight excluding hydrogens is 288 g/mol. The van der Waals surface area contributed by atoms with Crippen LogP contribution in [0, 0.1) is 10.8 Å². The number of nitrogens with one attached hydrogen (secondary N) is 2. The zero-order chi connectivity index (χ0) is 18.1. The molecule has 23 heavy (non-hydrogen) atoms. The molecular formula is C19H38N2O2. The van der Waals surface area contributed by atoms with Crippen LogP contribution in [0.25, 0.3) is 0 Å². The van der Waals surface area contributed by atoms with E-state index in [0.29, 0.717) is 16.9 Å². The molecule has 1 aliphatic rings. The average Bonchev–Trinajstić information content (AvgIpc) is 2.18. The average molecular weight is 327 g/mol. The van der Waals surface area contributed by atoms with E-state index in [-0.39, 0.29) is 11.6 Å². The van der Waals surface area contributed by atoms with Crippen LogP contribution in [0.2, 0.25) is 0 Å². The van der Waals surface area contributed by atoms with Crippen molar-refractivity contribution in [1.82, 2.24) is 10.6 Å². The molecule has 0 aromatic rings. The number of amides is 1. The van der Waals surface area contributed by atoms with Crippen molar-refractivity contribution >= 4 is 6.09 Å². The molecule has 0 aromatic carbocycles. The van der Waals surface area contributed by atoms with E-state index in [1.807, 2.05) is 34.6 Å². The number of hydrogen-bond donors (Lipinski definition) is 2. The van der Waals surface area contributed by atoms with Crippen molar-refractivity contribution in [2.75, 3.05) is 6.54 Å². The van der Waals surface area contributed by atoms with Gasteiger partial charge in [0.25, 0.3) is 0 Å². The minimum atomic E-state index is -0.467. The lowest BCUT2D eigenvalue weighted by Gasteiger charge is -2.46. The summed E-state index contributed by atoms with van der Waals surface area (Å²) in [6, 6.07) is 0.494. The zero-order valence-corrected chi connectivity index (χ0v) is 16.7. The van der Waals surface area contributed by atoms with E-state index >= 15 is 0 Å². The lowest BCUT2D eigenvalue weighted by molar-refractivity contribution is 0.0456. The maximum Gasteiger partial charge on any atom is 0.408 e. The smallest absolute Gasteiger partial charge is 0.408 e. The number of rotatable bonds is 4. The molecule has 136 valence electrons. The third-order valence-electron chi connectivity index (χ3n) is 4.23. The summed E-state index contributed by atoms with van der Waals surface area (Å²) in [7, 11) is 0.